The Kier molecular flexibility index (Phi) is 7.13. The fourth-order valence-electron chi connectivity index (χ4n) is 2.84. The standard InChI is InChI=1S/C17H25N3O5S/c1-2-6-15(17(22)23)18-13-16(21)19-9-11-20(12-10-19)26(24,25)14-7-4-3-5-8-14/h3-5,7-8,15,18H,2,6,9-13H2,1H3,(H,22,23). The fourth-order valence-corrected chi connectivity index (χ4v) is 4.29. The van der Waals surface area contributed by atoms with Gasteiger partial charge in [0, 0.05) is 26.2 Å². The van der Waals surface area contributed by atoms with Gasteiger partial charge >= 0.3 is 5.97 Å². The Hall–Kier alpha value is -1.97. The van der Waals surface area contributed by atoms with E-state index in [9.17, 15) is 18.0 Å². The van der Waals surface area contributed by atoms with Crippen molar-refractivity contribution in [2.45, 2.75) is 30.7 Å². The van der Waals surface area contributed by atoms with Gasteiger partial charge in [0.2, 0.25) is 15.9 Å². The predicted octanol–water partition coefficient (Wildman–Crippen LogP) is 0.362. The number of carboxylic acids is 1. The van der Waals surface area contributed by atoms with Crippen LogP contribution in [0.2, 0.25) is 0 Å². The quantitative estimate of drug-likeness (QED) is 0.671. The van der Waals surface area contributed by atoms with E-state index in [1.807, 2.05) is 6.92 Å². The minimum Gasteiger partial charge on any atom is -0.480 e. The number of aliphatic carboxylic acids is 1. The molecule has 0 bridgehead atoms. The van der Waals surface area contributed by atoms with Gasteiger partial charge in [0.1, 0.15) is 6.04 Å². The van der Waals surface area contributed by atoms with Gasteiger partial charge in [-0.2, -0.15) is 4.31 Å². The molecule has 1 aliphatic heterocycles. The highest BCUT2D eigenvalue weighted by Crippen LogP contribution is 2.17. The number of nitrogens with zero attached hydrogens (tertiary/aromatic N) is 2. The molecule has 0 aromatic heterocycles. The second-order valence-corrected chi connectivity index (χ2v) is 8.10. The van der Waals surface area contributed by atoms with Crippen LogP contribution in [0.1, 0.15) is 19.8 Å². The van der Waals surface area contributed by atoms with Crippen LogP contribution in [0.15, 0.2) is 35.2 Å². The second kappa shape index (κ2) is 9.11. The molecule has 9 heteroatoms. The summed E-state index contributed by atoms with van der Waals surface area (Å²) in [7, 11) is -3.55. The molecule has 0 saturated carbocycles. The van der Waals surface area contributed by atoms with Crippen molar-refractivity contribution in [1.82, 2.24) is 14.5 Å². The monoisotopic (exact) mass is 383 g/mol. The number of sulfonamides is 1. The van der Waals surface area contributed by atoms with Gasteiger partial charge in [0.25, 0.3) is 0 Å². The lowest BCUT2D eigenvalue weighted by molar-refractivity contribution is -0.140. The molecule has 26 heavy (non-hydrogen) atoms. The van der Waals surface area contributed by atoms with Gasteiger partial charge in [-0.3, -0.25) is 14.9 Å². The maximum atomic E-state index is 12.6. The summed E-state index contributed by atoms with van der Waals surface area (Å²) < 4.78 is 26.5. The number of piperazine rings is 1. The third-order valence-electron chi connectivity index (χ3n) is 4.35. The molecular formula is C17H25N3O5S. The molecule has 2 N–H and O–H groups in total. The zero-order valence-corrected chi connectivity index (χ0v) is 15.6. The van der Waals surface area contributed by atoms with E-state index in [1.165, 1.54) is 4.31 Å². The number of carbonyl (C=O) groups excluding carboxylic acids is 1. The molecule has 1 aliphatic rings. The molecule has 1 aromatic rings. The Morgan fingerprint density at radius 3 is 2.31 bits per heavy atom. The highest BCUT2D eigenvalue weighted by atomic mass is 32.2. The van der Waals surface area contributed by atoms with Gasteiger partial charge in [-0.25, -0.2) is 8.42 Å². The van der Waals surface area contributed by atoms with Gasteiger partial charge < -0.3 is 10.0 Å². The second-order valence-electron chi connectivity index (χ2n) is 6.16. The molecule has 1 heterocycles. The van der Waals surface area contributed by atoms with Crippen LogP contribution in [0.25, 0.3) is 0 Å². The summed E-state index contributed by atoms with van der Waals surface area (Å²) in [5, 5.41) is 11.9. The molecule has 8 nitrogen and oxygen atoms in total. The smallest absolute Gasteiger partial charge is 0.320 e. The summed E-state index contributed by atoms with van der Waals surface area (Å²) >= 11 is 0. The number of carbonyl (C=O) groups is 2. The van der Waals surface area contributed by atoms with Crippen LogP contribution in [-0.2, 0) is 19.6 Å². The lowest BCUT2D eigenvalue weighted by Gasteiger charge is -2.34. The highest BCUT2D eigenvalue weighted by molar-refractivity contribution is 7.89. The van der Waals surface area contributed by atoms with Crippen LogP contribution >= 0.6 is 0 Å². The molecule has 2 rings (SSSR count). The number of benzene rings is 1. The van der Waals surface area contributed by atoms with Crippen LogP contribution in [0.3, 0.4) is 0 Å². The van der Waals surface area contributed by atoms with Crippen LogP contribution in [0, 0.1) is 0 Å². The molecule has 0 aliphatic carbocycles. The van der Waals surface area contributed by atoms with E-state index >= 15 is 0 Å². The van der Waals surface area contributed by atoms with Crippen LogP contribution < -0.4 is 5.32 Å². The Morgan fingerprint density at radius 2 is 1.77 bits per heavy atom. The van der Waals surface area contributed by atoms with E-state index in [4.69, 9.17) is 5.11 Å². The normalized spacial score (nSPS) is 17.0. The number of nitrogens with one attached hydrogen (secondary N) is 1. The van der Waals surface area contributed by atoms with E-state index in [0.717, 1.165) is 0 Å². The van der Waals surface area contributed by atoms with Gasteiger partial charge in [-0.1, -0.05) is 31.5 Å². The zero-order chi connectivity index (χ0) is 19.2. The maximum Gasteiger partial charge on any atom is 0.320 e. The van der Waals surface area contributed by atoms with Gasteiger partial charge in [-0.05, 0) is 18.6 Å². The number of rotatable bonds is 8. The molecule has 1 amide bonds. The minimum atomic E-state index is -3.55. The SMILES string of the molecule is CCCC(NCC(=O)N1CCN(S(=O)(=O)c2ccccc2)CC1)C(=O)O. The topological polar surface area (TPSA) is 107 Å². The summed E-state index contributed by atoms with van der Waals surface area (Å²) in [5.74, 6) is -1.19. The molecule has 1 fully saturated rings. The summed E-state index contributed by atoms with van der Waals surface area (Å²) in [6.07, 6.45) is 1.15. The van der Waals surface area contributed by atoms with E-state index in [-0.39, 0.29) is 43.5 Å². The average Bonchev–Trinajstić information content (AvgIpc) is 2.65. The Balaban J connectivity index is 1.88. The van der Waals surface area contributed by atoms with E-state index in [0.29, 0.717) is 12.8 Å². The van der Waals surface area contributed by atoms with Crippen molar-refractivity contribution in [3.05, 3.63) is 30.3 Å². The van der Waals surface area contributed by atoms with Crippen molar-refractivity contribution >= 4 is 21.9 Å². The molecular weight excluding hydrogens is 358 g/mol. The van der Waals surface area contributed by atoms with Gasteiger partial charge in [-0.15, -0.1) is 0 Å². The maximum absolute atomic E-state index is 12.6. The summed E-state index contributed by atoms with van der Waals surface area (Å²) in [6, 6.07) is 7.46. The van der Waals surface area contributed by atoms with Gasteiger partial charge in [0.15, 0.2) is 0 Å². The average molecular weight is 383 g/mol. The summed E-state index contributed by atoms with van der Waals surface area (Å²) in [6.45, 7) is 2.84. The van der Waals surface area contributed by atoms with Crippen molar-refractivity contribution in [3.8, 4) is 0 Å². The predicted molar refractivity (Wildman–Crippen MR) is 96.1 cm³/mol. The van der Waals surface area contributed by atoms with Crippen LogP contribution in [0.4, 0.5) is 0 Å². The van der Waals surface area contributed by atoms with E-state index in [1.54, 1.807) is 35.2 Å². The Labute approximate surface area is 153 Å². The first-order chi connectivity index (χ1) is 12.4. The Bertz CT molecular complexity index is 715. The molecule has 1 saturated heterocycles. The third kappa shape index (κ3) is 5.03. The van der Waals surface area contributed by atoms with E-state index in [2.05, 4.69) is 5.32 Å². The summed E-state index contributed by atoms with van der Waals surface area (Å²) in [4.78, 5) is 25.2. The number of carboxylic acid groups (broad SMARTS) is 1. The fraction of sp³-hybridized carbons (Fsp3) is 0.529. The van der Waals surface area contributed by atoms with Gasteiger partial charge in [0.05, 0.1) is 11.4 Å². The zero-order valence-electron chi connectivity index (χ0n) is 14.8. The van der Waals surface area contributed by atoms with Crippen LogP contribution in [0.5, 0.6) is 0 Å². The lowest BCUT2D eigenvalue weighted by Crippen LogP contribution is -2.53. The lowest BCUT2D eigenvalue weighted by atomic mass is 10.1. The summed E-state index contributed by atoms with van der Waals surface area (Å²) in [5.41, 5.74) is 0. The largest absolute Gasteiger partial charge is 0.480 e. The molecule has 0 radical (unpaired) electrons. The van der Waals surface area contributed by atoms with Crippen molar-refractivity contribution in [2.75, 3.05) is 32.7 Å². The molecule has 1 unspecified atom stereocenters. The van der Waals surface area contributed by atoms with E-state index < -0.39 is 22.0 Å². The number of hydrogen-bond acceptors (Lipinski definition) is 5. The number of amides is 1. The first-order valence-electron chi connectivity index (χ1n) is 8.65. The molecule has 144 valence electrons. The Morgan fingerprint density at radius 1 is 1.15 bits per heavy atom. The van der Waals surface area contributed by atoms with Crippen molar-refractivity contribution in [1.29, 1.82) is 0 Å². The van der Waals surface area contributed by atoms with Crippen molar-refractivity contribution in [3.63, 3.8) is 0 Å². The molecule has 1 atom stereocenters. The molecule has 0 spiro atoms. The van der Waals surface area contributed by atoms with Crippen molar-refractivity contribution in [2.24, 2.45) is 0 Å². The molecule has 1 aromatic carbocycles. The highest BCUT2D eigenvalue weighted by Gasteiger charge is 2.30. The minimum absolute atomic E-state index is 0.0671. The van der Waals surface area contributed by atoms with Crippen molar-refractivity contribution < 1.29 is 23.1 Å². The third-order valence-corrected chi connectivity index (χ3v) is 6.26. The first-order valence-corrected chi connectivity index (χ1v) is 10.1. The van der Waals surface area contributed by atoms with Crippen LogP contribution in [-0.4, -0.2) is 73.4 Å². The number of hydrogen-bond donors (Lipinski definition) is 2. The first kappa shape index (κ1) is 20.3.